The summed E-state index contributed by atoms with van der Waals surface area (Å²) >= 11 is 0. The number of piperidine rings is 1. The van der Waals surface area contributed by atoms with Gasteiger partial charge >= 0.3 is 6.18 Å². The molecule has 0 aromatic heterocycles. The maximum atomic E-state index is 13.2. The topological polar surface area (TPSA) is 12.0 Å². The van der Waals surface area contributed by atoms with Crippen molar-refractivity contribution in [1.82, 2.24) is 5.32 Å². The van der Waals surface area contributed by atoms with E-state index in [-0.39, 0.29) is 17.4 Å². The van der Waals surface area contributed by atoms with Gasteiger partial charge in [-0.3, -0.25) is 0 Å². The van der Waals surface area contributed by atoms with E-state index in [2.05, 4.69) is 19.2 Å². The molecular formula is C16H21F4N. The number of hydrogen-bond donors (Lipinski definition) is 1. The second-order valence-corrected chi connectivity index (χ2v) is 6.22. The number of nitrogens with one attached hydrogen (secondary N) is 1. The van der Waals surface area contributed by atoms with Crippen LogP contribution in [0, 0.1) is 17.7 Å². The van der Waals surface area contributed by atoms with E-state index in [0.717, 1.165) is 19.0 Å². The summed E-state index contributed by atoms with van der Waals surface area (Å²) in [6, 6.07) is 3.09. The van der Waals surface area contributed by atoms with Gasteiger partial charge in [0, 0.05) is 0 Å². The number of rotatable bonds is 3. The van der Waals surface area contributed by atoms with Crippen molar-refractivity contribution in [3.63, 3.8) is 0 Å². The van der Waals surface area contributed by atoms with Gasteiger partial charge in [-0.1, -0.05) is 19.9 Å². The van der Waals surface area contributed by atoms with E-state index in [4.69, 9.17) is 0 Å². The summed E-state index contributed by atoms with van der Waals surface area (Å²) in [5, 5.41) is 3.25. The Morgan fingerprint density at radius 2 is 2.00 bits per heavy atom. The lowest BCUT2D eigenvalue weighted by molar-refractivity contribution is -0.138. The molecule has 1 aromatic carbocycles. The third-order valence-corrected chi connectivity index (χ3v) is 4.10. The van der Waals surface area contributed by atoms with Gasteiger partial charge in [0.15, 0.2) is 0 Å². The Morgan fingerprint density at radius 3 is 2.62 bits per heavy atom. The highest BCUT2D eigenvalue weighted by molar-refractivity contribution is 5.34. The lowest BCUT2D eigenvalue weighted by Crippen LogP contribution is -2.36. The summed E-state index contributed by atoms with van der Waals surface area (Å²) in [6.45, 7) is 5.56. The van der Waals surface area contributed by atoms with Crippen molar-refractivity contribution in [2.75, 3.05) is 13.1 Å². The molecule has 0 aliphatic carbocycles. The minimum atomic E-state index is -4.51. The molecule has 2 atom stereocenters. The molecule has 2 unspecified atom stereocenters. The zero-order valence-corrected chi connectivity index (χ0v) is 12.3. The first-order valence-electron chi connectivity index (χ1n) is 7.36. The van der Waals surface area contributed by atoms with Gasteiger partial charge in [0.1, 0.15) is 5.82 Å². The Labute approximate surface area is 122 Å². The van der Waals surface area contributed by atoms with Crippen LogP contribution in [0.1, 0.15) is 43.7 Å². The predicted molar refractivity (Wildman–Crippen MR) is 74.6 cm³/mol. The molecule has 0 bridgehead atoms. The summed E-state index contributed by atoms with van der Waals surface area (Å²) in [7, 11) is 0. The maximum Gasteiger partial charge on any atom is 0.416 e. The van der Waals surface area contributed by atoms with E-state index in [0.29, 0.717) is 24.9 Å². The molecule has 1 aliphatic rings. The molecule has 21 heavy (non-hydrogen) atoms. The molecule has 0 radical (unpaired) electrons. The number of halogens is 4. The fourth-order valence-electron chi connectivity index (χ4n) is 3.28. The molecule has 118 valence electrons. The Kier molecular flexibility index (Phi) is 4.91. The summed E-state index contributed by atoms with van der Waals surface area (Å²) in [5.41, 5.74) is -0.570. The Hall–Kier alpha value is -1.10. The third-order valence-electron chi connectivity index (χ3n) is 4.10. The number of benzene rings is 1. The van der Waals surface area contributed by atoms with Crippen LogP contribution in [0.3, 0.4) is 0 Å². The van der Waals surface area contributed by atoms with Crippen molar-refractivity contribution in [2.45, 2.75) is 38.8 Å². The predicted octanol–water partition coefficient (Wildman–Crippen LogP) is 4.58. The third kappa shape index (κ3) is 3.96. The largest absolute Gasteiger partial charge is 0.416 e. The van der Waals surface area contributed by atoms with Crippen molar-refractivity contribution in [3.8, 4) is 0 Å². The fraction of sp³-hybridized carbons (Fsp3) is 0.625. The first kappa shape index (κ1) is 16.3. The summed E-state index contributed by atoms with van der Waals surface area (Å²) in [6.07, 6.45) is -2.98. The van der Waals surface area contributed by atoms with Gasteiger partial charge in [-0.05, 0) is 61.4 Å². The first-order valence-corrected chi connectivity index (χ1v) is 7.36. The van der Waals surface area contributed by atoms with Gasteiger partial charge in [0.2, 0.25) is 0 Å². The van der Waals surface area contributed by atoms with Crippen LogP contribution in [0.5, 0.6) is 0 Å². The molecule has 0 saturated carbocycles. The van der Waals surface area contributed by atoms with Crippen molar-refractivity contribution < 1.29 is 17.6 Å². The zero-order valence-electron chi connectivity index (χ0n) is 12.3. The molecular weight excluding hydrogens is 282 g/mol. The zero-order chi connectivity index (χ0) is 15.6. The lowest BCUT2D eigenvalue weighted by atomic mass is 9.76. The minimum Gasteiger partial charge on any atom is -0.316 e. The Morgan fingerprint density at radius 1 is 1.29 bits per heavy atom. The molecule has 1 saturated heterocycles. The standard InChI is InChI=1S/C16H21F4N/c1-10(2)7-11-9-21-6-5-13(11)14-4-3-12(17)8-15(14)16(18,19)20/h3-4,8,10-11,13,21H,5-7,9H2,1-2H3. The van der Waals surface area contributed by atoms with Gasteiger partial charge in [-0.15, -0.1) is 0 Å². The summed E-state index contributed by atoms with van der Waals surface area (Å²) < 4.78 is 52.8. The highest BCUT2D eigenvalue weighted by Crippen LogP contribution is 2.41. The van der Waals surface area contributed by atoms with Crippen LogP contribution in [0.2, 0.25) is 0 Å². The van der Waals surface area contributed by atoms with E-state index >= 15 is 0 Å². The molecule has 2 rings (SSSR count). The van der Waals surface area contributed by atoms with Crippen LogP contribution in [-0.4, -0.2) is 13.1 Å². The van der Waals surface area contributed by atoms with E-state index in [1.165, 1.54) is 6.07 Å². The number of alkyl halides is 3. The van der Waals surface area contributed by atoms with E-state index in [9.17, 15) is 17.6 Å². The monoisotopic (exact) mass is 303 g/mol. The van der Waals surface area contributed by atoms with Gasteiger partial charge in [0.05, 0.1) is 5.56 Å². The highest BCUT2D eigenvalue weighted by Gasteiger charge is 2.38. The summed E-state index contributed by atoms with van der Waals surface area (Å²) in [5.74, 6) is -0.413. The smallest absolute Gasteiger partial charge is 0.316 e. The molecule has 0 spiro atoms. The molecule has 1 nitrogen and oxygen atoms in total. The molecule has 1 N–H and O–H groups in total. The normalized spacial score (nSPS) is 23.6. The van der Waals surface area contributed by atoms with Gasteiger partial charge in [-0.2, -0.15) is 13.2 Å². The second kappa shape index (κ2) is 6.34. The van der Waals surface area contributed by atoms with Gasteiger partial charge in [-0.25, -0.2) is 4.39 Å². The Bertz CT molecular complexity index is 482. The van der Waals surface area contributed by atoms with Crippen LogP contribution in [0.15, 0.2) is 18.2 Å². The molecule has 0 amide bonds. The van der Waals surface area contributed by atoms with Crippen molar-refractivity contribution in [3.05, 3.63) is 35.1 Å². The maximum absolute atomic E-state index is 13.2. The average molecular weight is 303 g/mol. The average Bonchev–Trinajstić information content (AvgIpc) is 2.38. The van der Waals surface area contributed by atoms with Crippen LogP contribution < -0.4 is 5.32 Å². The van der Waals surface area contributed by atoms with Gasteiger partial charge < -0.3 is 5.32 Å². The van der Waals surface area contributed by atoms with Crippen LogP contribution in [0.25, 0.3) is 0 Å². The first-order chi connectivity index (χ1) is 9.79. The van der Waals surface area contributed by atoms with Crippen molar-refractivity contribution >= 4 is 0 Å². The molecule has 5 heteroatoms. The lowest BCUT2D eigenvalue weighted by Gasteiger charge is -2.35. The Balaban J connectivity index is 2.38. The quantitative estimate of drug-likeness (QED) is 0.806. The van der Waals surface area contributed by atoms with E-state index in [1.54, 1.807) is 0 Å². The van der Waals surface area contributed by atoms with Crippen molar-refractivity contribution in [2.24, 2.45) is 11.8 Å². The van der Waals surface area contributed by atoms with E-state index in [1.807, 2.05) is 0 Å². The second-order valence-electron chi connectivity index (χ2n) is 6.22. The number of hydrogen-bond acceptors (Lipinski definition) is 1. The SMILES string of the molecule is CC(C)CC1CNCCC1c1ccc(F)cc1C(F)(F)F. The van der Waals surface area contributed by atoms with Crippen molar-refractivity contribution in [1.29, 1.82) is 0 Å². The van der Waals surface area contributed by atoms with Crippen LogP contribution in [0.4, 0.5) is 17.6 Å². The minimum absolute atomic E-state index is 0.158. The molecule has 1 aromatic rings. The molecule has 1 aliphatic heterocycles. The van der Waals surface area contributed by atoms with Crippen LogP contribution in [-0.2, 0) is 6.18 Å². The fourth-order valence-corrected chi connectivity index (χ4v) is 3.28. The van der Waals surface area contributed by atoms with Crippen LogP contribution >= 0.6 is 0 Å². The summed E-state index contributed by atoms with van der Waals surface area (Å²) in [4.78, 5) is 0. The molecule has 1 heterocycles. The van der Waals surface area contributed by atoms with Gasteiger partial charge in [0.25, 0.3) is 0 Å². The molecule has 1 fully saturated rings. The highest BCUT2D eigenvalue weighted by atomic mass is 19.4. The van der Waals surface area contributed by atoms with E-state index < -0.39 is 17.6 Å².